The average Bonchev–Trinajstić information content (AvgIpc) is 2.45. The van der Waals surface area contributed by atoms with Crippen molar-refractivity contribution in [2.24, 2.45) is 0 Å². The third kappa shape index (κ3) is 4.98. The molecule has 0 aromatic heterocycles. The molecule has 1 atom stereocenters. The third-order valence-electron chi connectivity index (χ3n) is 2.76. The van der Waals surface area contributed by atoms with Crippen molar-refractivity contribution >= 4 is 22.0 Å². The van der Waals surface area contributed by atoms with Gasteiger partial charge in [0.25, 0.3) is 0 Å². The molecule has 0 heterocycles. The largest absolute Gasteiger partial charge is 0.479 e. The number of benzene rings is 1. The number of aliphatic hydroxyl groups is 1. The summed E-state index contributed by atoms with van der Waals surface area (Å²) in [4.78, 5) is 21.7. The van der Waals surface area contributed by atoms with E-state index in [-0.39, 0.29) is 12.2 Å². The lowest BCUT2D eigenvalue weighted by Crippen LogP contribution is -2.46. The summed E-state index contributed by atoms with van der Waals surface area (Å²) in [6.45, 7) is 1.62. The fourth-order valence-electron chi connectivity index (χ4n) is 1.44. The Hall–Kier alpha value is -2.04. The van der Waals surface area contributed by atoms with Crippen molar-refractivity contribution < 1.29 is 37.3 Å². The van der Waals surface area contributed by atoms with Crippen LogP contribution in [0.5, 0.6) is 0 Å². The Morgan fingerprint density at radius 1 is 1.35 bits per heavy atom. The number of aliphatic carboxylic acids is 1. The summed E-state index contributed by atoms with van der Waals surface area (Å²) in [5.41, 5.74) is -2.65. The van der Waals surface area contributed by atoms with Crippen molar-refractivity contribution in [3.8, 4) is 0 Å². The Morgan fingerprint density at radius 2 is 1.96 bits per heavy atom. The van der Waals surface area contributed by atoms with Gasteiger partial charge in [-0.05, 0) is 32.0 Å². The van der Waals surface area contributed by atoms with Gasteiger partial charge in [0.1, 0.15) is 5.82 Å². The molecule has 0 aliphatic rings. The molecule has 0 radical (unpaired) electrons. The van der Waals surface area contributed by atoms with Gasteiger partial charge in [-0.15, -0.1) is 0 Å². The van der Waals surface area contributed by atoms with Crippen molar-refractivity contribution in [2.75, 3.05) is 13.2 Å². The second-order valence-corrected chi connectivity index (χ2v) is 6.57. The zero-order valence-electron chi connectivity index (χ0n) is 12.4. The molecule has 1 rings (SSSR count). The van der Waals surface area contributed by atoms with E-state index in [4.69, 9.17) is 5.11 Å². The summed E-state index contributed by atoms with van der Waals surface area (Å²) in [6.07, 6.45) is 0. The van der Waals surface area contributed by atoms with Crippen molar-refractivity contribution in [3.63, 3.8) is 0 Å². The summed E-state index contributed by atoms with van der Waals surface area (Å²) >= 11 is 0. The van der Waals surface area contributed by atoms with E-state index < -0.39 is 44.8 Å². The Kier molecular flexibility index (Phi) is 5.81. The van der Waals surface area contributed by atoms with Crippen LogP contribution in [-0.2, 0) is 19.6 Å². The molecule has 0 amide bonds. The first-order chi connectivity index (χ1) is 10.5. The molecular weight excluding hydrogens is 333 g/mol. The molecule has 0 spiro atoms. The standard InChI is InChI=1S/C13H16FNO7S/c1-3-22-11(16)8-4-9(14)6-10(5-8)23(20,21)15-7-13(2,19)12(17)18/h4-6,15,19H,3,7H2,1-2H3,(H,17,18). The highest BCUT2D eigenvalue weighted by atomic mass is 32.2. The Morgan fingerprint density at radius 3 is 2.48 bits per heavy atom. The van der Waals surface area contributed by atoms with Crippen molar-refractivity contribution in [2.45, 2.75) is 24.3 Å². The molecule has 1 aromatic carbocycles. The SMILES string of the molecule is CCOC(=O)c1cc(F)cc(S(=O)(=O)NCC(C)(O)C(=O)O)c1. The van der Waals surface area contributed by atoms with Crippen LogP contribution in [0.3, 0.4) is 0 Å². The van der Waals surface area contributed by atoms with Crippen LogP contribution >= 0.6 is 0 Å². The fraction of sp³-hybridized carbons (Fsp3) is 0.385. The van der Waals surface area contributed by atoms with Gasteiger partial charge in [0.2, 0.25) is 10.0 Å². The van der Waals surface area contributed by atoms with E-state index in [2.05, 4.69) is 4.74 Å². The molecule has 0 fully saturated rings. The molecule has 0 aliphatic carbocycles. The lowest BCUT2D eigenvalue weighted by Gasteiger charge is -2.18. The zero-order chi connectivity index (χ0) is 17.8. The number of hydrogen-bond acceptors (Lipinski definition) is 6. The molecule has 8 nitrogen and oxygen atoms in total. The highest BCUT2D eigenvalue weighted by Crippen LogP contribution is 2.16. The third-order valence-corrected chi connectivity index (χ3v) is 4.14. The number of carbonyl (C=O) groups is 2. The van der Waals surface area contributed by atoms with Crippen LogP contribution in [0.25, 0.3) is 0 Å². The van der Waals surface area contributed by atoms with Crippen molar-refractivity contribution in [3.05, 3.63) is 29.6 Å². The number of sulfonamides is 1. The number of halogens is 1. The first-order valence-electron chi connectivity index (χ1n) is 6.43. The van der Waals surface area contributed by atoms with Gasteiger partial charge in [-0.25, -0.2) is 27.1 Å². The summed E-state index contributed by atoms with van der Waals surface area (Å²) in [5, 5.41) is 18.2. The summed E-state index contributed by atoms with van der Waals surface area (Å²) in [7, 11) is -4.34. The molecule has 1 aromatic rings. The number of rotatable bonds is 7. The van der Waals surface area contributed by atoms with Crippen LogP contribution in [0.2, 0.25) is 0 Å². The number of ether oxygens (including phenoxy) is 1. The average molecular weight is 349 g/mol. The topological polar surface area (TPSA) is 130 Å². The van der Waals surface area contributed by atoms with E-state index in [0.29, 0.717) is 6.07 Å². The molecule has 0 bridgehead atoms. The number of carbonyl (C=O) groups excluding carboxylic acids is 1. The molecule has 0 saturated carbocycles. The molecule has 1 unspecified atom stereocenters. The van der Waals surface area contributed by atoms with E-state index in [1.165, 1.54) is 6.92 Å². The minimum atomic E-state index is -4.34. The molecular formula is C13H16FNO7S. The molecule has 128 valence electrons. The number of carboxylic acid groups (broad SMARTS) is 1. The highest BCUT2D eigenvalue weighted by molar-refractivity contribution is 7.89. The summed E-state index contributed by atoms with van der Waals surface area (Å²) < 4.78 is 44.1. The quantitative estimate of drug-likeness (QED) is 0.596. The summed E-state index contributed by atoms with van der Waals surface area (Å²) in [6, 6.07) is 2.35. The molecule has 0 aliphatic heterocycles. The van der Waals surface area contributed by atoms with Gasteiger partial charge in [-0.3, -0.25) is 0 Å². The fourth-order valence-corrected chi connectivity index (χ4v) is 2.63. The molecule has 10 heteroatoms. The monoisotopic (exact) mass is 349 g/mol. The summed E-state index contributed by atoms with van der Waals surface area (Å²) in [5.74, 6) is -3.52. The van der Waals surface area contributed by atoms with E-state index >= 15 is 0 Å². The second kappa shape index (κ2) is 7.02. The second-order valence-electron chi connectivity index (χ2n) is 4.80. The van der Waals surface area contributed by atoms with Gasteiger partial charge in [-0.2, -0.15) is 0 Å². The zero-order valence-corrected chi connectivity index (χ0v) is 13.2. The molecule has 23 heavy (non-hydrogen) atoms. The van der Waals surface area contributed by atoms with Gasteiger partial charge < -0.3 is 14.9 Å². The first-order valence-corrected chi connectivity index (χ1v) is 7.91. The number of hydrogen-bond donors (Lipinski definition) is 3. The van der Waals surface area contributed by atoms with Gasteiger partial charge >= 0.3 is 11.9 Å². The number of esters is 1. The maximum Gasteiger partial charge on any atom is 0.338 e. The van der Waals surface area contributed by atoms with Crippen LogP contribution in [0.1, 0.15) is 24.2 Å². The minimum absolute atomic E-state index is 0.0250. The normalized spacial score (nSPS) is 14.1. The van der Waals surface area contributed by atoms with Crippen molar-refractivity contribution in [1.29, 1.82) is 0 Å². The van der Waals surface area contributed by atoms with Crippen LogP contribution < -0.4 is 4.72 Å². The maximum atomic E-state index is 13.5. The Bertz CT molecular complexity index is 715. The van der Waals surface area contributed by atoms with Crippen LogP contribution in [0.4, 0.5) is 4.39 Å². The first kappa shape index (κ1) is 19.0. The number of carboxylic acids is 1. The smallest absolute Gasteiger partial charge is 0.338 e. The van der Waals surface area contributed by atoms with E-state index in [1.54, 1.807) is 0 Å². The lowest BCUT2D eigenvalue weighted by atomic mass is 10.1. The van der Waals surface area contributed by atoms with E-state index in [9.17, 15) is 27.5 Å². The highest BCUT2D eigenvalue weighted by Gasteiger charge is 2.32. The van der Waals surface area contributed by atoms with Gasteiger partial charge in [0.15, 0.2) is 5.60 Å². The lowest BCUT2D eigenvalue weighted by molar-refractivity contribution is -0.155. The Balaban J connectivity index is 3.09. The van der Waals surface area contributed by atoms with Gasteiger partial charge in [0.05, 0.1) is 23.6 Å². The van der Waals surface area contributed by atoms with E-state index in [0.717, 1.165) is 19.1 Å². The van der Waals surface area contributed by atoms with Gasteiger partial charge in [0, 0.05) is 0 Å². The van der Waals surface area contributed by atoms with Crippen LogP contribution in [-0.4, -0.2) is 49.3 Å². The van der Waals surface area contributed by atoms with Crippen LogP contribution in [0, 0.1) is 5.82 Å². The predicted octanol–water partition coefficient (Wildman–Crippen LogP) is 0.116. The van der Waals surface area contributed by atoms with Crippen LogP contribution in [0.15, 0.2) is 23.1 Å². The molecule has 3 N–H and O–H groups in total. The maximum absolute atomic E-state index is 13.5. The Labute approximate surface area is 131 Å². The minimum Gasteiger partial charge on any atom is -0.479 e. The van der Waals surface area contributed by atoms with E-state index in [1.807, 2.05) is 4.72 Å². The van der Waals surface area contributed by atoms with Gasteiger partial charge in [-0.1, -0.05) is 0 Å². The number of nitrogens with one attached hydrogen (secondary N) is 1. The molecule has 0 saturated heterocycles. The predicted molar refractivity (Wildman–Crippen MR) is 75.8 cm³/mol. The van der Waals surface area contributed by atoms with Crippen molar-refractivity contribution in [1.82, 2.24) is 4.72 Å².